The molecule has 1 aromatic rings. The van der Waals surface area contributed by atoms with Gasteiger partial charge in [-0.25, -0.2) is 0 Å². The summed E-state index contributed by atoms with van der Waals surface area (Å²) in [6, 6.07) is 5.74. The molecule has 7 nitrogen and oxygen atoms in total. The summed E-state index contributed by atoms with van der Waals surface area (Å²) in [5, 5.41) is 13.2. The Morgan fingerprint density at radius 1 is 1.30 bits per heavy atom. The summed E-state index contributed by atoms with van der Waals surface area (Å²) in [4.78, 5) is 32.5. The van der Waals surface area contributed by atoms with Crippen molar-refractivity contribution in [2.45, 2.75) is 25.7 Å². The van der Waals surface area contributed by atoms with Gasteiger partial charge in [0, 0.05) is 30.7 Å². The minimum absolute atomic E-state index is 0.0755. The summed E-state index contributed by atoms with van der Waals surface area (Å²) in [6.07, 6.45) is 1.64. The molecule has 0 radical (unpaired) electrons. The van der Waals surface area contributed by atoms with Gasteiger partial charge in [0.15, 0.2) is 0 Å². The topological polar surface area (TPSA) is 98.5 Å². The molecule has 0 atom stereocenters. The molecule has 0 saturated heterocycles. The molecule has 0 bridgehead atoms. The van der Waals surface area contributed by atoms with Gasteiger partial charge in [0.2, 0.25) is 5.91 Å². The molecule has 1 rings (SSSR count). The van der Waals surface area contributed by atoms with Crippen molar-refractivity contribution < 1.29 is 19.2 Å². The number of hydrogen-bond donors (Lipinski definition) is 1. The molecule has 0 heterocycles. The number of anilines is 1. The Morgan fingerprint density at radius 2 is 2.00 bits per heavy atom. The highest BCUT2D eigenvalue weighted by atomic mass is 16.6. The van der Waals surface area contributed by atoms with Crippen molar-refractivity contribution in [1.29, 1.82) is 0 Å². The Morgan fingerprint density at radius 3 is 2.65 bits per heavy atom. The first kappa shape index (κ1) is 15.6. The zero-order chi connectivity index (χ0) is 15.0. The van der Waals surface area contributed by atoms with Crippen molar-refractivity contribution in [3.63, 3.8) is 0 Å². The quantitative estimate of drug-likeness (QED) is 0.357. The van der Waals surface area contributed by atoms with Crippen LogP contribution in [0.3, 0.4) is 0 Å². The molecule has 0 aliphatic carbocycles. The number of nitro groups is 1. The highest BCUT2D eigenvalue weighted by Gasteiger charge is 2.08. The van der Waals surface area contributed by atoms with E-state index >= 15 is 0 Å². The predicted octanol–water partition coefficient (Wildman–Crippen LogP) is 2.27. The van der Waals surface area contributed by atoms with Crippen molar-refractivity contribution in [2.75, 3.05) is 12.4 Å². The van der Waals surface area contributed by atoms with E-state index in [0.717, 1.165) is 0 Å². The fraction of sp³-hybridized carbons (Fsp3) is 0.385. The Kier molecular flexibility index (Phi) is 6.15. The molecular weight excluding hydrogens is 264 g/mol. The maximum absolute atomic E-state index is 11.6. The molecule has 0 aromatic heterocycles. The van der Waals surface area contributed by atoms with Crippen LogP contribution in [0.1, 0.15) is 25.7 Å². The lowest BCUT2D eigenvalue weighted by molar-refractivity contribution is -0.384. The van der Waals surface area contributed by atoms with Crippen LogP contribution in [0.15, 0.2) is 24.3 Å². The van der Waals surface area contributed by atoms with E-state index in [1.54, 1.807) is 6.07 Å². The van der Waals surface area contributed by atoms with E-state index in [2.05, 4.69) is 10.1 Å². The minimum Gasteiger partial charge on any atom is -0.469 e. The molecule has 1 aromatic carbocycles. The van der Waals surface area contributed by atoms with E-state index in [0.29, 0.717) is 18.5 Å². The Balaban J connectivity index is 2.37. The number of rotatable bonds is 7. The molecule has 1 amide bonds. The number of hydrogen-bond acceptors (Lipinski definition) is 5. The zero-order valence-electron chi connectivity index (χ0n) is 11.1. The number of unbranched alkanes of at least 4 members (excludes halogenated alkanes) is 1. The summed E-state index contributed by atoms with van der Waals surface area (Å²) in [6.45, 7) is 0. The van der Waals surface area contributed by atoms with Gasteiger partial charge in [0.05, 0.1) is 12.0 Å². The van der Waals surface area contributed by atoms with E-state index in [-0.39, 0.29) is 30.4 Å². The van der Waals surface area contributed by atoms with Gasteiger partial charge in [-0.1, -0.05) is 6.07 Å². The standard InChI is InChI=1S/C13H16N2O5/c1-20-13(17)8-3-2-7-12(16)14-10-5-4-6-11(9-10)15(18)19/h4-6,9H,2-3,7-8H2,1H3,(H,14,16). The molecule has 0 unspecified atom stereocenters. The number of carbonyl (C=O) groups is 2. The summed E-state index contributed by atoms with van der Waals surface area (Å²) in [5.74, 6) is -0.542. The van der Waals surface area contributed by atoms with Gasteiger partial charge >= 0.3 is 5.97 Å². The Bertz CT molecular complexity index is 501. The van der Waals surface area contributed by atoms with Crippen LogP contribution in [-0.4, -0.2) is 23.9 Å². The highest BCUT2D eigenvalue weighted by molar-refractivity contribution is 5.91. The van der Waals surface area contributed by atoms with Gasteiger partial charge in [0.1, 0.15) is 0 Å². The van der Waals surface area contributed by atoms with Gasteiger partial charge in [-0.3, -0.25) is 19.7 Å². The summed E-state index contributed by atoms with van der Waals surface area (Å²) < 4.78 is 4.49. The fourth-order valence-electron chi connectivity index (χ4n) is 1.58. The number of benzene rings is 1. The normalized spacial score (nSPS) is 9.85. The Labute approximate surface area is 116 Å². The number of nitrogens with one attached hydrogen (secondary N) is 1. The maximum atomic E-state index is 11.6. The van der Waals surface area contributed by atoms with E-state index in [1.807, 2.05) is 0 Å². The molecule has 1 N–H and O–H groups in total. The van der Waals surface area contributed by atoms with E-state index < -0.39 is 4.92 Å². The average molecular weight is 280 g/mol. The molecule has 0 fully saturated rings. The third-order valence-corrected chi connectivity index (χ3v) is 2.60. The van der Waals surface area contributed by atoms with Crippen LogP contribution >= 0.6 is 0 Å². The predicted molar refractivity (Wildman–Crippen MR) is 72.2 cm³/mol. The lowest BCUT2D eigenvalue weighted by Crippen LogP contribution is -2.11. The zero-order valence-corrected chi connectivity index (χ0v) is 11.1. The van der Waals surface area contributed by atoms with Gasteiger partial charge in [-0.05, 0) is 18.9 Å². The molecule has 0 aliphatic rings. The third kappa shape index (κ3) is 5.47. The second-order valence-corrected chi connectivity index (χ2v) is 4.14. The smallest absolute Gasteiger partial charge is 0.305 e. The molecule has 7 heteroatoms. The fourth-order valence-corrected chi connectivity index (χ4v) is 1.58. The van der Waals surface area contributed by atoms with Crippen molar-refractivity contribution in [1.82, 2.24) is 0 Å². The third-order valence-electron chi connectivity index (χ3n) is 2.60. The molecular formula is C13H16N2O5. The summed E-state index contributed by atoms with van der Waals surface area (Å²) >= 11 is 0. The van der Waals surface area contributed by atoms with Crippen molar-refractivity contribution in [3.05, 3.63) is 34.4 Å². The average Bonchev–Trinajstić information content (AvgIpc) is 2.43. The van der Waals surface area contributed by atoms with Crippen LogP contribution in [0.4, 0.5) is 11.4 Å². The van der Waals surface area contributed by atoms with Crippen molar-refractivity contribution in [2.24, 2.45) is 0 Å². The minimum atomic E-state index is -0.522. The molecule has 0 spiro atoms. The lowest BCUT2D eigenvalue weighted by atomic mass is 10.2. The second-order valence-electron chi connectivity index (χ2n) is 4.14. The van der Waals surface area contributed by atoms with E-state index in [4.69, 9.17) is 0 Å². The van der Waals surface area contributed by atoms with E-state index in [9.17, 15) is 19.7 Å². The van der Waals surface area contributed by atoms with Crippen LogP contribution in [-0.2, 0) is 14.3 Å². The molecule has 0 aliphatic heterocycles. The maximum Gasteiger partial charge on any atom is 0.305 e. The molecule has 20 heavy (non-hydrogen) atoms. The summed E-state index contributed by atoms with van der Waals surface area (Å²) in [7, 11) is 1.32. The second kappa shape index (κ2) is 7.88. The van der Waals surface area contributed by atoms with Crippen LogP contribution < -0.4 is 5.32 Å². The number of esters is 1. The lowest BCUT2D eigenvalue weighted by Gasteiger charge is -2.04. The SMILES string of the molecule is COC(=O)CCCCC(=O)Nc1cccc([N+](=O)[O-])c1. The number of carbonyl (C=O) groups excluding carboxylic acids is 2. The first-order valence-corrected chi connectivity index (χ1v) is 6.14. The van der Waals surface area contributed by atoms with Crippen molar-refractivity contribution in [3.8, 4) is 0 Å². The number of amides is 1. The monoisotopic (exact) mass is 280 g/mol. The number of non-ortho nitro benzene ring substituents is 1. The van der Waals surface area contributed by atoms with Gasteiger partial charge in [0.25, 0.3) is 5.69 Å². The van der Waals surface area contributed by atoms with Crippen LogP contribution in [0.25, 0.3) is 0 Å². The highest BCUT2D eigenvalue weighted by Crippen LogP contribution is 2.17. The first-order valence-electron chi connectivity index (χ1n) is 6.14. The van der Waals surface area contributed by atoms with E-state index in [1.165, 1.54) is 25.3 Å². The van der Waals surface area contributed by atoms with Crippen molar-refractivity contribution >= 4 is 23.3 Å². The van der Waals surface area contributed by atoms with Gasteiger partial charge in [-0.15, -0.1) is 0 Å². The molecule has 0 saturated carbocycles. The number of nitrogens with zero attached hydrogens (tertiary/aromatic N) is 1. The largest absolute Gasteiger partial charge is 0.469 e. The van der Waals surface area contributed by atoms with Crippen LogP contribution in [0.5, 0.6) is 0 Å². The van der Waals surface area contributed by atoms with Gasteiger partial charge in [-0.2, -0.15) is 0 Å². The first-order chi connectivity index (χ1) is 9.52. The van der Waals surface area contributed by atoms with Crippen LogP contribution in [0, 0.1) is 10.1 Å². The van der Waals surface area contributed by atoms with Crippen LogP contribution in [0.2, 0.25) is 0 Å². The molecule has 108 valence electrons. The Hall–Kier alpha value is -2.44. The summed E-state index contributed by atoms with van der Waals surface area (Å²) in [5.41, 5.74) is 0.311. The number of nitro benzene ring substituents is 1. The van der Waals surface area contributed by atoms with Gasteiger partial charge < -0.3 is 10.1 Å². The number of ether oxygens (including phenoxy) is 1. The number of methoxy groups -OCH3 is 1.